The van der Waals surface area contributed by atoms with Crippen LogP contribution in [0, 0.1) is 3.57 Å². The van der Waals surface area contributed by atoms with Crippen LogP contribution in [-0.2, 0) is 0 Å². The van der Waals surface area contributed by atoms with Crippen molar-refractivity contribution in [2.75, 3.05) is 7.11 Å². The lowest BCUT2D eigenvalue weighted by atomic mass is 10.0. The molecule has 134 valence electrons. The van der Waals surface area contributed by atoms with Gasteiger partial charge in [0, 0.05) is 17.7 Å². The number of aliphatic hydroxyl groups is 2. The van der Waals surface area contributed by atoms with E-state index in [1.54, 1.807) is 18.2 Å². The van der Waals surface area contributed by atoms with Crippen LogP contribution in [-0.4, -0.2) is 22.4 Å². The molecule has 0 fully saturated rings. The number of hydrogen-bond acceptors (Lipinski definition) is 5. The second-order valence-corrected chi connectivity index (χ2v) is 7.81. The minimum Gasteiger partial charge on any atom is -0.504 e. The Morgan fingerprint density at radius 2 is 2.12 bits per heavy atom. The molecule has 4 nitrogen and oxygen atoms in total. The third-order valence-electron chi connectivity index (χ3n) is 3.72. The Bertz CT molecular complexity index is 764. The number of thiophene rings is 1. The summed E-state index contributed by atoms with van der Waals surface area (Å²) in [4.78, 5) is 0.937. The monoisotopic (exact) mass is 472 g/mol. The van der Waals surface area contributed by atoms with Crippen LogP contribution in [0.25, 0.3) is 0 Å². The van der Waals surface area contributed by atoms with Crippen molar-refractivity contribution in [1.82, 2.24) is 0 Å². The van der Waals surface area contributed by atoms with Crippen molar-refractivity contribution in [3.8, 4) is 11.5 Å². The maximum atomic E-state index is 10.3. The Hall–Kier alpha value is -1.31. The molecule has 0 radical (unpaired) electrons. The van der Waals surface area contributed by atoms with Crippen LogP contribution in [0.2, 0.25) is 0 Å². The van der Waals surface area contributed by atoms with E-state index < -0.39 is 12.2 Å². The SMILES string of the molecule is COc1cc([C@H](O)CC=C=C(C)C[C@@H](O)c2cccs2)cc(I)c1O. The van der Waals surface area contributed by atoms with Gasteiger partial charge in [-0.25, -0.2) is 0 Å². The maximum absolute atomic E-state index is 10.3. The van der Waals surface area contributed by atoms with Crippen molar-refractivity contribution < 1.29 is 20.1 Å². The van der Waals surface area contributed by atoms with E-state index in [9.17, 15) is 15.3 Å². The van der Waals surface area contributed by atoms with E-state index in [0.29, 0.717) is 27.7 Å². The highest BCUT2D eigenvalue weighted by atomic mass is 127. The summed E-state index contributed by atoms with van der Waals surface area (Å²) < 4.78 is 5.74. The van der Waals surface area contributed by atoms with Crippen LogP contribution in [0.3, 0.4) is 0 Å². The highest BCUT2D eigenvalue weighted by Crippen LogP contribution is 2.35. The number of ether oxygens (including phenoxy) is 1. The summed E-state index contributed by atoms with van der Waals surface area (Å²) in [7, 11) is 1.48. The van der Waals surface area contributed by atoms with Gasteiger partial charge in [0.1, 0.15) is 0 Å². The van der Waals surface area contributed by atoms with E-state index in [1.807, 2.05) is 47.0 Å². The minimum atomic E-state index is -0.717. The van der Waals surface area contributed by atoms with Crippen LogP contribution in [0.4, 0.5) is 0 Å². The van der Waals surface area contributed by atoms with E-state index in [-0.39, 0.29) is 5.75 Å². The average Bonchev–Trinajstić information content (AvgIpc) is 3.11. The van der Waals surface area contributed by atoms with Gasteiger partial charge in [-0.1, -0.05) is 6.07 Å². The Morgan fingerprint density at radius 1 is 1.36 bits per heavy atom. The fraction of sp³-hybridized carbons (Fsp3) is 0.316. The summed E-state index contributed by atoms with van der Waals surface area (Å²) in [5.74, 6) is 0.420. The van der Waals surface area contributed by atoms with E-state index >= 15 is 0 Å². The third kappa shape index (κ3) is 5.59. The van der Waals surface area contributed by atoms with Crippen LogP contribution in [0.1, 0.15) is 42.4 Å². The smallest absolute Gasteiger partial charge is 0.171 e. The highest BCUT2D eigenvalue weighted by Gasteiger charge is 2.13. The van der Waals surface area contributed by atoms with Gasteiger partial charge < -0.3 is 20.1 Å². The summed E-state index contributed by atoms with van der Waals surface area (Å²) in [5, 5.41) is 32.3. The Kier molecular flexibility index (Phi) is 7.53. The second kappa shape index (κ2) is 9.40. The van der Waals surface area contributed by atoms with Crippen molar-refractivity contribution in [3.05, 3.63) is 61.0 Å². The zero-order chi connectivity index (χ0) is 18.4. The first-order valence-corrected chi connectivity index (χ1v) is 9.74. The summed E-state index contributed by atoms with van der Waals surface area (Å²) in [6.45, 7) is 1.91. The van der Waals surface area contributed by atoms with E-state index in [2.05, 4.69) is 5.73 Å². The summed E-state index contributed by atoms with van der Waals surface area (Å²) in [6, 6.07) is 7.19. The summed E-state index contributed by atoms with van der Waals surface area (Å²) in [6.07, 6.45) is 1.43. The molecule has 1 aromatic heterocycles. The topological polar surface area (TPSA) is 69.9 Å². The Morgan fingerprint density at radius 3 is 2.76 bits per heavy atom. The normalized spacial score (nSPS) is 13.0. The zero-order valence-electron chi connectivity index (χ0n) is 14.1. The second-order valence-electron chi connectivity index (χ2n) is 5.67. The molecular weight excluding hydrogens is 451 g/mol. The van der Waals surface area contributed by atoms with Crippen LogP contribution < -0.4 is 4.74 Å². The van der Waals surface area contributed by atoms with Gasteiger partial charge in [-0.15, -0.1) is 17.1 Å². The van der Waals surface area contributed by atoms with Crippen LogP contribution >= 0.6 is 33.9 Å². The first-order chi connectivity index (χ1) is 11.9. The molecule has 1 aromatic carbocycles. The molecule has 0 aliphatic rings. The van der Waals surface area contributed by atoms with Gasteiger partial charge in [-0.2, -0.15) is 0 Å². The first kappa shape index (κ1) is 20.0. The summed E-state index contributed by atoms with van der Waals surface area (Å²) >= 11 is 3.53. The molecule has 3 N–H and O–H groups in total. The number of benzene rings is 1. The van der Waals surface area contributed by atoms with Gasteiger partial charge >= 0.3 is 0 Å². The standard InChI is InChI=1S/C19H21IO4S/c1-12(9-16(22)18-7-4-8-25-18)5-3-6-15(21)13-10-14(20)19(23)17(11-13)24-2/h3-4,7-8,10-11,15-16,21-23H,6,9H2,1-2H3/t5?,15-,16-/m1/s1. The van der Waals surface area contributed by atoms with Gasteiger partial charge in [0.05, 0.1) is 22.9 Å². The van der Waals surface area contributed by atoms with E-state index in [4.69, 9.17) is 4.74 Å². The number of aliphatic hydroxyl groups excluding tert-OH is 2. The highest BCUT2D eigenvalue weighted by molar-refractivity contribution is 14.1. The number of halogens is 1. The molecule has 0 saturated carbocycles. The molecule has 0 bridgehead atoms. The Labute approximate surface area is 165 Å². The molecule has 0 amide bonds. The molecule has 6 heteroatoms. The fourth-order valence-corrected chi connectivity index (χ4v) is 3.69. The van der Waals surface area contributed by atoms with Gasteiger partial charge in [0.25, 0.3) is 0 Å². The lowest BCUT2D eigenvalue weighted by Crippen LogP contribution is -1.98. The molecule has 1 heterocycles. The number of rotatable bonds is 7. The molecule has 0 aliphatic heterocycles. The van der Waals surface area contributed by atoms with Gasteiger partial charge in [0.15, 0.2) is 11.5 Å². The van der Waals surface area contributed by atoms with Crippen molar-refractivity contribution in [2.24, 2.45) is 0 Å². The van der Waals surface area contributed by atoms with Crippen LogP contribution in [0.15, 0.2) is 47.0 Å². The number of methoxy groups -OCH3 is 1. The molecule has 0 aliphatic carbocycles. The molecule has 2 atom stereocenters. The zero-order valence-corrected chi connectivity index (χ0v) is 17.0. The number of phenols is 1. The van der Waals surface area contributed by atoms with Crippen molar-refractivity contribution in [2.45, 2.75) is 32.0 Å². The van der Waals surface area contributed by atoms with Gasteiger partial charge in [0.2, 0.25) is 0 Å². The first-order valence-electron chi connectivity index (χ1n) is 7.79. The molecule has 0 saturated heterocycles. The molecular formula is C19H21IO4S. The van der Waals surface area contributed by atoms with Gasteiger partial charge in [-0.05, 0) is 70.3 Å². The van der Waals surface area contributed by atoms with Crippen molar-refractivity contribution in [3.63, 3.8) is 0 Å². The molecule has 0 spiro atoms. The molecule has 2 aromatic rings. The summed E-state index contributed by atoms with van der Waals surface area (Å²) in [5.41, 5.74) is 4.72. The predicted octanol–water partition coefficient (Wildman–Crippen LogP) is 4.72. The largest absolute Gasteiger partial charge is 0.504 e. The predicted molar refractivity (Wildman–Crippen MR) is 108 cm³/mol. The maximum Gasteiger partial charge on any atom is 0.171 e. The van der Waals surface area contributed by atoms with Gasteiger partial charge in [-0.3, -0.25) is 0 Å². The molecule has 0 unspecified atom stereocenters. The number of phenolic OH excluding ortho intramolecular Hbond substituents is 1. The molecule has 25 heavy (non-hydrogen) atoms. The number of hydrogen-bond donors (Lipinski definition) is 3. The lowest BCUT2D eigenvalue weighted by Gasteiger charge is -2.12. The Balaban J connectivity index is 2.02. The average molecular weight is 472 g/mol. The lowest BCUT2D eigenvalue weighted by molar-refractivity contribution is 0.180. The van der Waals surface area contributed by atoms with Crippen LogP contribution in [0.5, 0.6) is 11.5 Å². The third-order valence-corrected chi connectivity index (χ3v) is 5.51. The minimum absolute atomic E-state index is 0.0768. The van der Waals surface area contributed by atoms with Crippen molar-refractivity contribution >= 4 is 33.9 Å². The van der Waals surface area contributed by atoms with E-state index in [0.717, 1.165) is 10.5 Å². The van der Waals surface area contributed by atoms with Crippen molar-refractivity contribution in [1.29, 1.82) is 0 Å². The quantitative estimate of drug-likeness (QED) is 0.403. The van der Waals surface area contributed by atoms with E-state index in [1.165, 1.54) is 18.4 Å². The molecule has 2 rings (SSSR count). The number of aromatic hydroxyl groups is 1. The fourth-order valence-electron chi connectivity index (χ4n) is 2.35.